The molecule has 0 unspecified atom stereocenters. The van der Waals surface area contributed by atoms with E-state index in [1.54, 1.807) is 0 Å². The Labute approximate surface area is 350 Å². The minimum Gasteiger partial charge on any atom is 0 e. The smallest absolute Gasteiger partial charge is 0 e. The van der Waals surface area contributed by atoms with Crippen molar-refractivity contribution in [3.63, 3.8) is 0 Å². The second-order valence-corrected chi connectivity index (χ2v) is 2.68. The van der Waals surface area contributed by atoms with E-state index in [2.05, 4.69) is 0 Å². The summed E-state index contributed by atoms with van der Waals surface area (Å²) in [6.07, 6.45) is 0. The average molecular weight is 775 g/mol. The van der Waals surface area contributed by atoms with Crippen molar-refractivity contribution in [2.45, 2.75) is 0 Å². The van der Waals surface area contributed by atoms with E-state index in [9.17, 15) is 0 Å². The molecule has 19 heavy (non-hydrogen) atoms. The number of hydrogen-bond acceptors (Lipinski definition) is 8. The van der Waals surface area contributed by atoms with Crippen molar-refractivity contribution in [3.8, 4) is 0 Å². The molecule has 0 atom stereocenters. The zero-order valence-electron chi connectivity index (χ0n) is 8.40. The molecule has 0 heterocycles. The molecule has 0 aromatic rings. The molecule has 8 nitrogen and oxygen atoms in total. The Morgan fingerprint density at radius 1 is 0.474 bits per heavy atom. The maximum Gasteiger partial charge on any atom is 2.00 e. The van der Waals surface area contributed by atoms with Crippen LogP contribution in [0.15, 0.2) is 0 Å². The predicted octanol–water partition coefficient (Wildman–Crippen LogP) is -9.55. The Bertz CT molecular complexity index is 153. The van der Waals surface area contributed by atoms with Crippen molar-refractivity contribution in [2.75, 3.05) is 0 Å². The molecule has 0 aromatic heterocycles. The predicted molar refractivity (Wildman–Crippen MR) is 58.1 cm³/mol. The summed E-state index contributed by atoms with van der Waals surface area (Å²) in [6, 6.07) is 0. The van der Waals surface area contributed by atoms with Gasteiger partial charge < -0.3 is 38.5 Å². The molecule has 0 N–H and O–H groups in total. The molecule has 0 amide bonds. The van der Waals surface area contributed by atoms with Gasteiger partial charge in [0.1, 0.15) is 0 Å². The number of phosphoric acid groups is 2. The van der Waals surface area contributed by atoms with Gasteiger partial charge >= 0.3 is 250 Å². The number of hydrogen-bond donors (Lipinski definition) is 0. The fourth-order valence-corrected chi connectivity index (χ4v) is 0. The van der Waals surface area contributed by atoms with Gasteiger partial charge in [0.25, 0.3) is 0 Å². The third kappa shape index (κ3) is 184. The van der Waals surface area contributed by atoms with Gasteiger partial charge in [0, 0.05) is 58.4 Å². The van der Waals surface area contributed by atoms with Crippen LogP contribution >= 0.6 is 15.6 Å². The van der Waals surface area contributed by atoms with Crippen LogP contribution in [0.3, 0.4) is 0 Å². The van der Waals surface area contributed by atoms with E-state index < -0.39 is 15.6 Å². The van der Waals surface area contributed by atoms with Crippen LogP contribution in [0.2, 0.25) is 0 Å². The summed E-state index contributed by atoms with van der Waals surface area (Å²) < 4.78 is 17.1. The zero-order valence-corrected chi connectivity index (χ0v) is 29.5. The molecule has 19 heteroatoms. The molecule has 0 saturated carbocycles. The quantitative estimate of drug-likeness (QED) is 0.173. The fourth-order valence-electron chi connectivity index (χ4n) is 0. The van der Waals surface area contributed by atoms with E-state index in [4.69, 9.17) is 38.5 Å². The number of rotatable bonds is 0. The summed E-state index contributed by atoms with van der Waals surface area (Å²) in [5.41, 5.74) is 0. The maximum atomic E-state index is 8.55. The average Bonchev–Trinajstić information content (AvgIpc) is 1.12. The Morgan fingerprint density at radius 3 is 0.474 bits per heavy atom. The summed E-state index contributed by atoms with van der Waals surface area (Å²) in [7, 11) is -10.8. The van der Waals surface area contributed by atoms with Crippen molar-refractivity contribution in [1.82, 2.24) is 0 Å². The van der Waals surface area contributed by atoms with E-state index in [0.29, 0.717) is 0 Å². The molecular formula is H6Ca3O8P2Sr3Zn3. The largest absolute Gasteiger partial charge is 2.00 e. The van der Waals surface area contributed by atoms with E-state index in [1.165, 1.54) is 0 Å². The molecule has 0 saturated heterocycles. The minimum atomic E-state index is -5.39. The first-order valence-electron chi connectivity index (χ1n) is 1.46. The second-order valence-electron chi connectivity index (χ2n) is 0.894. The molecular weight excluding hydrogens is 769 g/mol. The molecule has 0 aromatic carbocycles. The summed E-state index contributed by atoms with van der Waals surface area (Å²) in [5.74, 6) is 0. The van der Waals surface area contributed by atoms with Crippen molar-refractivity contribution in [2.24, 2.45) is 0 Å². The van der Waals surface area contributed by atoms with Crippen molar-refractivity contribution in [3.05, 3.63) is 0 Å². The Kier molecular flexibility index (Phi) is 156. The zero-order chi connectivity index (χ0) is 9.00. The van der Waals surface area contributed by atoms with Crippen LogP contribution in [0.1, 0.15) is 0 Å². The van der Waals surface area contributed by atoms with Crippen LogP contribution in [-0.4, -0.2) is 250 Å². The van der Waals surface area contributed by atoms with E-state index in [0.717, 1.165) is 0 Å². The van der Waals surface area contributed by atoms with Crippen molar-refractivity contribution in [1.29, 1.82) is 0 Å². The molecule has 0 radical (unpaired) electrons. The molecule has 0 rings (SSSR count). The molecule has 0 spiro atoms. The molecule has 0 aliphatic heterocycles. The standard InChI is InChI=1S/3Ca.2H3O4P.3Sr.3Zn.6H/c;;;2*1-5(2,3)4;;;;;;;;;;;;/h;;;2*(H3,1,2,3,4);;;;;;;;;;;;/q;;;;;3*+2;;;;;;;;;/p-6. The third-order valence-electron chi connectivity index (χ3n) is 0. The first-order valence-corrected chi connectivity index (χ1v) is 4.38. The minimum absolute atomic E-state index is 0. The van der Waals surface area contributed by atoms with E-state index in [1.807, 2.05) is 0 Å². The SMILES string of the molecule is O=P([O-])([O-])[O-].O=P([O-])([O-])[O-].[CaH2].[CaH2].[CaH2].[Sr+2].[Sr+2].[Sr+2].[Zn].[Zn].[Zn]. The van der Waals surface area contributed by atoms with Gasteiger partial charge in [0.15, 0.2) is 0 Å². The van der Waals surface area contributed by atoms with Crippen LogP contribution in [0.25, 0.3) is 0 Å². The Balaban J connectivity index is -0.00000000508. The van der Waals surface area contributed by atoms with Crippen LogP contribution in [-0.2, 0) is 67.6 Å². The summed E-state index contributed by atoms with van der Waals surface area (Å²) >= 11 is 0. The second kappa shape index (κ2) is 42.4. The van der Waals surface area contributed by atoms with Gasteiger partial charge in [0.05, 0.1) is 0 Å². The summed E-state index contributed by atoms with van der Waals surface area (Å²) in [6.45, 7) is 0. The molecule has 0 fully saturated rings. The van der Waals surface area contributed by atoms with E-state index in [-0.39, 0.29) is 308 Å². The Hall–Kier alpha value is 10.3. The van der Waals surface area contributed by atoms with Gasteiger partial charge in [-0.25, -0.2) is 0 Å². The van der Waals surface area contributed by atoms with E-state index >= 15 is 0 Å². The van der Waals surface area contributed by atoms with Gasteiger partial charge in [-0.05, 0) is 0 Å². The third-order valence-corrected chi connectivity index (χ3v) is 0. The van der Waals surface area contributed by atoms with Crippen LogP contribution in [0.4, 0.5) is 0 Å². The van der Waals surface area contributed by atoms with Crippen LogP contribution < -0.4 is 29.4 Å². The normalized spacial score (nSPS) is 6.21. The molecule has 0 aliphatic carbocycles. The van der Waals surface area contributed by atoms with Crippen molar-refractivity contribution >= 4 is 265 Å². The first kappa shape index (κ1) is 70.1. The summed E-state index contributed by atoms with van der Waals surface area (Å²) in [5, 5.41) is 0. The van der Waals surface area contributed by atoms with Crippen molar-refractivity contribution < 1.29 is 96.9 Å². The maximum absolute atomic E-state index is 8.55. The Morgan fingerprint density at radius 2 is 0.474 bits per heavy atom. The topological polar surface area (TPSA) is 172 Å². The van der Waals surface area contributed by atoms with Crippen LogP contribution in [0, 0.1) is 0 Å². The molecule has 0 bridgehead atoms. The van der Waals surface area contributed by atoms with Gasteiger partial charge in [-0.15, -0.1) is 0 Å². The molecule has 82 valence electrons. The van der Waals surface area contributed by atoms with Crippen LogP contribution in [0.5, 0.6) is 0 Å². The van der Waals surface area contributed by atoms with Gasteiger partial charge in [-0.3, -0.25) is 0 Å². The van der Waals surface area contributed by atoms with Gasteiger partial charge in [-0.1, -0.05) is 0 Å². The molecule has 0 aliphatic rings. The van der Waals surface area contributed by atoms with Gasteiger partial charge in [0.2, 0.25) is 0 Å². The first-order chi connectivity index (χ1) is 4.00. The summed E-state index contributed by atoms with van der Waals surface area (Å²) in [4.78, 5) is 51.3. The fraction of sp³-hybridized carbons (Fsp3) is 0. The van der Waals surface area contributed by atoms with Gasteiger partial charge in [-0.2, -0.15) is 15.6 Å². The monoisotopic (exact) mass is 771 g/mol.